The molecule has 18 heavy (non-hydrogen) atoms. The van der Waals surface area contributed by atoms with Crippen LogP contribution < -0.4 is 15.8 Å². The maximum atomic E-state index is 5.84. The van der Waals surface area contributed by atoms with Gasteiger partial charge in [0.15, 0.2) is 0 Å². The summed E-state index contributed by atoms with van der Waals surface area (Å²) in [6.45, 7) is 0.620. The van der Waals surface area contributed by atoms with E-state index in [1.165, 1.54) is 0 Å². The number of anilines is 2. The quantitative estimate of drug-likeness (QED) is 0.650. The van der Waals surface area contributed by atoms with Crippen LogP contribution in [0.15, 0.2) is 30.6 Å². The van der Waals surface area contributed by atoms with E-state index < -0.39 is 0 Å². The SMILES string of the molecule is COc1ccc(CNc2ncc(I)cn2)cc1N. The highest BCUT2D eigenvalue weighted by Crippen LogP contribution is 2.22. The summed E-state index contributed by atoms with van der Waals surface area (Å²) in [5, 5.41) is 3.13. The van der Waals surface area contributed by atoms with Gasteiger partial charge in [-0.2, -0.15) is 0 Å². The fourth-order valence-electron chi connectivity index (χ4n) is 1.48. The van der Waals surface area contributed by atoms with E-state index >= 15 is 0 Å². The molecule has 0 amide bonds. The minimum absolute atomic E-state index is 0.602. The molecule has 0 saturated carbocycles. The fourth-order valence-corrected chi connectivity index (χ4v) is 1.76. The van der Waals surface area contributed by atoms with Crippen molar-refractivity contribution < 1.29 is 4.74 Å². The standard InChI is InChI=1S/C12H13IN4O/c1-18-11-3-2-8(4-10(11)14)5-15-12-16-6-9(13)7-17-12/h2-4,6-7H,5,14H2,1H3,(H,15,16,17). The zero-order chi connectivity index (χ0) is 13.0. The normalized spacial score (nSPS) is 10.1. The molecule has 0 atom stereocenters. The highest BCUT2D eigenvalue weighted by Gasteiger charge is 2.01. The summed E-state index contributed by atoms with van der Waals surface area (Å²) >= 11 is 2.17. The average molecular weight is 356 g/mol. The van der Waals surface area contributed by atoms with Gasteiger partial charge in [0.05, 0.1) is 12.8 Å². The summed E-state index contributed by atoms with van der Waals surface area (Å²) in [5.41, 5.74) is 7.51. The molecule has 5 nitrogen and oxygen atoms in total. The Labute approximate surface area is 119 Å². The molecule has 0 aliphatic heterocycles. The van der Waals surface area contributed by atoms with Crippen molar-refractivity contribution in [1.29, 1.82) is 0 Å². The van der Waals surface area contributed by atoms with Gasteiger partial charge in [-0.25, -0.2) is 9.97 Å². The molecule has 94 valence electrons. The van der Waals surface area contributed by atoms with E-state index in [1.807, 2.05) is 18.2 Å². The van der Waals surface area contributed by atoms with E-state index in [9.17, 15) is 0 Å². The predicted octanol–water partition coefficient (Wildman–Crippen LogP) is 2.28. The number of hydrogen-bond donors (Lipinski definition) is 2. The van der Waals surface area contributed by atoms with Crippen LogP contribution in [-0.2, 0) is 6.54 Å². The third-order valence-electron chi connectivity index (χ3n) is 2.37. The number of methoxy groups -OCH3 is 1. The monoisotopic (exact) mass is 356 g/mol. The van der Waals surface area contributed by atoms with Gasteiger partial charge in [0, 0.05) is 22.5 Å². The molecule has 0 unspecified atom stereocenters. The first-order valence-corrected chi connectivity index (χ1v) is 6.40. The Morgan fingerprint density at radius 1 is 1.33 bits per heavy atom. The summed E-state index contributed by atoms with van der Waals surface area (Å²) in [6.07, 6.45) is 3.52. The lowest BCUT2D eigenvalue weighted by atomic mass is 10.2. The highest BCUT2D eigenvalue weighted by molar-refractivity contribution is 14.1. The molecular formula is C12H13IN4O. The predicted molar refractivity (Wildman–Crippen MR) is 79.5 cm³/mol. The van der Waals surface area contributed by atoms with Gasteiger partial charge < -0.3 is 15.8 Å². The minimum atomic E-state index is 0.602. The molecular weight excluding hydrogens is 343 g/mol. The minimum Gasteiger partial charge on any atom is -0.495 e. The molecule has 1 aromatic heterocycles. The molecule has 0 radical (unpaired) electrons. The molecule has 0 saturated heterocycles. The molecule has 3 N–H and O–H groups in total. The van der Waals surface area contributed by atoms with Gasteiger partial charge in [0.2, 0.25) is 5.95 Å². The summed E-state index contributed by atoms with van der Waals surface area (Å²) in [5.74, 6) is 1.29. The molecule has 6 heteroatoms. The molecule has 2 aromatic rings. The van der Waals surface area contributed by atoms with Crippen molar-refractivity contribution >= 4 is 34.2 Å². The van der Waals surface area contributed by atoms with Crippen LogP contribution >= 0.6 is 22.6 Å². The maximum Gasteiger partial charge on any atom is 0.222 e. The van der Waals surface area contributed by atoms with Gasteiger partial charge in [-0.05, 0) is 40.3 Å². The second kappa shape index (κ2) is 5.85. The Morgan fingerprint density at radius 3 is 2.67 bits per heavy atom. The third-order valence-corrected chi connectivity index (χ3v) is 2.92. The fraction of sp³-hybridized carbons (Fsp3) is 0.167. The van der Waals surface area contributed by atoms with E-state index in [-0.39, 0.29) is 0 Å². The first kappa shape index (κ1) is 12.9. The van der Waals surface area contributed by atoms with Gasteiger partial charge in [-0.15, -0.1) is 0 Å². The topological polar surface area (TPSA) is 73.1 Å². The van der Waals surface area contributed by atoms with Crippen molar-refractivity contribution in [1.82, 2.24) is 9.97 Å². The zero-order valence-electron chi connectivity index (χ0n) is 9.85. The molecule has 1 aromatic carbocycles. The first-order chi connectivity index (χ1) is 8.69. The zero-order valence-corrected chi connectivity index (χ0v) is 12.0. The Bertz CT molecular complexity index is 530. The number of ether oxygens (including phenoxy) is 1. The largest absolute Gasteiger partial charge is 0.495 e. The maximum absolute atomic E-state index is 5.84. The van der Waals surface area contributed by atoms with Crippen LogP contribution in [0.1, 0.15) is 5.56 Å². The molecule has 0 spiro atoms. The van der Waals surface area contributed by atoms with E-state index in [1.54, 1.807) is 19.5 Å². The van der Waals surface area contributed by atoms with Crippen molar-refractivity contribution in [3.05, 3.63) is 39.7 Å². The summed E-state index contributed by atoms with van der Waals surface area (Å²) in [4.78, 5) is 8.33. The van der Waals surface area contributed by atoms with E-state index in [0.717, 1.165) is 9.13 Å². The van der Waals surface area contributed by atoms with Gasteiger partial charge in [0.25, 0.3) is 0 Å². The Kier molecular flexibility index (Phi) is 4.19. The van der Waals surface area contributed by atoms with Crippen LogP contribution in [0, 0.1) is 3.57 Å². The van der Waals surface area contributed by atoms with Crippen molar-refractivity contribution in [2.45, 2.75) is 6.54 Å². The van der Waals surface area contributed by atoms with Crippen LogP contribution in [-0.4, -0.2) is 17.1 Å². The van der Waals surface area contributed by atoms with Crippen molar-refractivity contribution in [3.63, 3.8) is 0 Å². The van der Waals surface area contributed by atoms with Gasteiger partial charge in [-0.1, -0.05) is 6.07 Å². The van der Waals surface area contributed by atoms with Gasteiger partial charge in [0.1, 0.15) is 5.75 Å². The van der Waals surface area contributed by atoms with Crippen molar-refractivity contribution in [2.24, 2.45) is 0 Å². The lowest BCUT2D eigenvalue weighted by Crippen LogP contribution is -2.04. The van der Waals surface area contributed by atoms with Crippen molar-refractivity contribution in [3.8, 4) is 5.75 Å². The Morgan fingerprint density at radius 2 is 2.06 bits per heavy atom. The van der Waals surface area contributed by atoms with Crippen LogP contribution in [0.5, 0.6) is 5.75 Å². The molecule has 0 fully saturated rings. The van der Waals surface area contributed by atoms with Crippen LogP contribution in [0.2, 0.25) is 0 Å². The van der Waals surface area contributed by atoms with E-state index in [4.69, 9.17) is 10.5 Å². The summed E-state index contributed by atoms with van der Waals surface area (Å²) < 4.78 is 6.11. The molecule has 1 heterocycles. The van der Waals surface area contributed by atoms with E-state index in [2.05, 4.69) is 37.9 Å². The van der Waals surface area contributed by atoms with Crippen LogP contribution in [0.3, 0.4) is 0 Å². The number of nitrogens with zero attached hydrogens (tertiary/aromatic N) is 2. The average Bonchev–Trinajstić information content (AvgIpc) is 2.38. The lowest BCUT2D eigenvalue weighted by Gasteiger charge is -2.08. The molecule has 2 rings (SSSR count). The number of benzene rings is 1. The molecule has 0 bridgehead atoms. The second-order valence-electron chi connectivity index (χ2n) is 3.65. The third kappa shape index (κ3) is 3.22. The van der Waals surface area contributed by atoms with Gasteiger partial charge in [-0.3, -0.25) is 0 Å². The first-order valence-electron chi connectivity index (χ1n) is 5.33. The number of aromatic nitrogens is 2. The van der Waals surface area contributed by atoms with E-state index in [0.29, 0.717) is 23.9 Å². The number of nitrogens with one attached hydrogen (secondary N) is 1. The number of rotatable bonds is 4. The lowest BCUT2D eigenvalue weighted by molar-refractivity contribution is 0.417. The summed E-state index contributed by atoms with van der Waals surface area (Å²) in [6, 6.07) is 5.68. The number of nitrogens with two attached hydrogens (primary N) is 1. The number of nitrogen functional groups attached to an aromatic ring is 1. The van der Waals surface area contributed by atoms with Crippen LogP contribution in [0.4, 0.5) is 11.6 Å². The highest BCUT2D eigenvalue weighted by atomic mass is 127. The Balaban J connectivity index is 2.02. The van der Waals surface area contributed by atoms with Crippen LogP contribution in [0.25, 0.3) is 0 Å². The smallest absolute Gasteiger partial charge is 0.222 e. The number of hydrogen-bond acceptors (Lipinski definition) is 5. The van der Waals surface area contributed by atoms with Crippen molar-refractivity contribution in [2.75, 3.05) is 18.2 Å². The second-order valence-corrected chi connectivity index (χ2v) is 4.90. The number of halogens is 1. The summed E-state index contributed by atoms with van der Waals surface area (Å²) in [7, 11) is 1.60. The Hall–Kier alpha value is -1.57. The molecule has 0 aliphatic carbocycles. The van der Waals surface area contributed by atoms with Gasteiger partial charge >= 0.3 is 0 Å². The molecule has 0 aliphatic rings.